The molecule has 0 spiro atoms. The Bertz CT molecular complexity index is 860. The summed E-state index contributed by atoms with van der Waals surface area (Å²) in [6.07, 6.45) is 0.0731. The molecule has 0 atom stereocenters. The topological polar surface area (TPSA) is 113 Å². The van der Waals surface area contributed by atoms with E-state index < -0.39 is 0 Å². The fourth-order valence-electron chi connectivity index (χ4n) is 2.09. The number of rotatable bonds is 3. The zero-order valence-electron chi connectivity index (χ0n) is 13.8. The number of fused-ring (bicyclic) bond motifs is 1. The molecular weight excluding hydrogens is 298 g/mol. The summed E-state index contributed by atoms with van der Waals surface area (Å²) in [7, 11) is 0. The lowest BCUT2D eigenvalue weighted by Crippen LogP contribution is -2.13. The second-order valence-electron chi connectivity index (χ2n) is 6.41. The van der Waals surface area contributed by atoms with Crippen molar-refractivity contribution >= 4 is 16.9 Å². The molecule has 2 N–H and O–H groups in total. The third-order valence-electron chi connectivity index (χ3n) is 3.51. The van der Waals surface area contributed by atoms with E-state index in [2.05, 4.69) is 20.1 Å². The Labute approximate surface area is 133 Å². The van der Waals surface area contributed by atoms with Gasteiger partial charge in [-0.2, -0.15) is 9.97 Å². The van der Waals surface area contributed by atoms with Crippen LogP contribution in [0.2, 0.25) is 0 Å². The van der Waals surface area contributed by atoms with Crippen LogP contribution in [-0.2, 0) is 12.0 Å². The Morgan fingerprint density at radius 2 is 1.87 bits per heavy atom. The van der Waals surface area contributed by atoms with Gasteiger partial charge in [0, 0.05) is 11.0 Å². The highest BCUT2D eigenvalue weighted by Gasteiger charge is 2.22. The molecule has 8 heteroatoms. The average molecular weight is 317 g/mol. The van der Waals surface area contributed by atoms with Gasteiger partial charge in [0.2, 0.25) is 5.71 Å². The Morgan fingerprint density at radius 1 is 1.13 bits per heavy atom. The van der Waals surface area contributed by atoms with Crippen molar-refractivity contribution in [2.24, 2.45) is 0 Å². The summed E-state index contributed by atoms with van der Waals surface area (Å²) in [5.74, 6) is 2.09. The summed E-state index contributed by atoms with van der Waals surface area (Å²) in [6, 6.07) is 0. The van der Waals surface area contributed by atoms with Gasteiger partial charge in [0.05, 0.1) is 5.39 Å². The van der Waals surface area contributed by atoms with Gasteiger partial charge in [-0.1, -0.05) is 25.9 Å². The Hall–Kier alpha value is -2.64. The quantitative estimate of drug-likeness (QED) is 0.784. The predicted molar refractivity (Wildman–Crippen MR) is 83.0 cm³/mol. The van der Waals surface area contributed by atoms with Gasteiger partial charge >= 0.3 is 6.08 Å². The number of nitrogen functional groups attached to an aromatic ring is 1. The molecule has 3 rings (SSSR count). The molecule has 0 radical (unpaired) electrons. The SMILES string of the molecule is Cc1oc2nc(COc3nc(C(C)(C)C)no3)nc(N)c2c1C. The van der Waals surface area contributed by atoms with Gasteiger partial charge in [-0.05, 0) is 13.8 Å². The zero-order valence-corrected chi connectivity index (χ0v) is 13.8. The monoisotopic (exact) mass is 317 g/mol. The van der Waals surface area contributed by atoms with Crippen molar-refractivity contribution in [2.75, 3.05) is 5.73 Å². The molecule has 122 valence electrons. The maximum atomic E-state index is 5.98. The van der Waals surface area contributed by atoms with Gasteiger partial charge < -0.3 is 14.9 Å². The minimum atomic E-state index is -0.214. The van der Waals surface area contributed by atoms with Crippen molar-refractivity contribution < 1.29 is 13.7 Å². The molecular formula is C15H19N5O3. The Morgan fingerprint density at radius 3 is 2.52 bits per heavy atom. The van der Waals surface area contributed by atoms with Crippen molar-refractivity contribution in [3.05, 3.63) is 23.0 Å². The number of nitrogens with zero attached hydrogens (tertiary/aromatic N) is 4. The highest BCUT2D eigenvalue weighted by molar-refractivity contribution is 5.88. The number of nitrogens with two attached hydrogens (primary N) is 1. The molecule has 0 unspecified atom stereocenters. The van der Waals surface area contributed by atoms with Crippen LogP contribution in [-0.4, -0.2) is 20.1 Å². The van der Waals surface area contributed by atoms with Crippen LogP contribution in [0.4, 0.5) is 5.82 Å². The van der Waals surface area contributed by atoms with E-state index in [1.165, 1.54) is 0 Å². The van der Waals surface area contributed by atoms with Gasteiger partial charge in [0.15, 0.2) is 18.3 Å². The smallest absolute Gasteiger partial charge is 0.417 e. The normalized spacial score (nSPS) is 12.0. The van der Waals surface area contributed by atoms with Crippen molar-refractivity contribution in [3.63, 3.8) is 0 Å². The highest BCUT2D eigenvalue weighted by atomic mass is 16.6. The number of aromatic nitrogens is 4. The molecule has 0 aliphatic carbocycles. The molecule has 0 fully saturated rings. The Balaban J connectivity index is 1.81. The summed E-state index contributed by atoms with van der Waals surface area (Å²) in [6.45, 7) is 9.80. The van der Waals surface area contributed by atoms with Crippen LogP contribution >= 0.6 is 0 Å². The minimum absolute atomic E-state index is 0.0602. The first kappa shape index (κ1) is 15.3. The molecule has 0 amide bonds. The van der Waals surface area contributed by atoms with Crippen LogP contribution in [0.1, 0.15) is 43.7 Å². The Kier molecular flexibility index (Phi) is 3.46. The fourth-order valence-corrected chi connectivity index (χ4v) is 2.09. The maximum absolute atomic E-state index is 5.98. The van der Waals surface area contributed by atoms with Crippen molar-refractivity contribution in [2.45, 2.75) is 46.6 Å². The van der Waals surface area contributed by atoms with E-state index in [4.69, 9.17) is 19.4 Å². The van der Waals surface area contributed by atoms with E-state index in [-0.39, 0.29) is 18.1 Å². The molecule has 8 nitrogen and oxygen atoms in total. The summed E-state index contributed by atoms with van der Waals surface area (Å²) >= 11 is 0. The van der Waals surface area contributed by atoms with E-state index in [9.17, 15) is 0 Å². The molecule has 23 heavy (non-hydrogen) atoms. The summed E-state index contributed by atoms with van der Waals surface area (Å²) < 4.78 is 16.1. The van der Waals surface area contributed by atoms with E-state index in [1.807, 2.05) is 34.6 Å². The first-order valence-electron chi connectivity index (χ1n) is 7.25. The lowest BCUT2D eigenvalue weighted by Gasteiger charge is -2.10. The molecule has 0 bridgehead atoms. The predicted octanol–water partition coefficient (Wildman–Crippen LogP) is 2.68. The highest BCUT2D eigenvalue weighted by Crippen LogP contribution is 2.27. The van der Waals surface area contributed by atoms with Crippen LogP contribution in [0.5, 0.6) is 6.08 Å². The zero-order chi connectivity index (χ0) is 16.8. The second-order valence-corrected chi connectivity index (χ2v) is 6.41. The molecule has 0 saturated carbocycles. The van der Waals surface area contributed by atoms with Gasteiger partial charge in [0.25, 0.3) is 0 Å². The molecule has 3 aromatic heterocycles. The molecule has 0 aromatic carbocycles. The molecule has 3 heterocycles. The first-order valence-corrected chi connectivity index (χ1v) is 7.25. The number of aryl methyl sites for hydroxylation is 2. The van der Waals surface area contributed by atoms with Crippen LogP contribution in [0.15, 0.2) is 8.94 Å². The first-order chi connectivity index (χ1) is 10.8. The summed E-state index contributed by atoms with van der Waals surface area (Å²) in [5, 5.41) is 4.62. The molecule has 0 aliphatic heterocycles. The van der Waals surface area contributed by atoms with E-state index in [0.717, 1.165) is 16.7 Å². The van der Waals surface area contributed by atoms with E-state index in [1.54, 1.807) is 0 Å². The number of furan rings is 1. The minimum Gasteiger partial charge on any atom is -0.443 e. The third kappa shape index (κ3) is 2.84. The fraction of sp³-hybridized carbons (Fsp3) is 0.467. The summed E-state index contributed by atoms with van der Waals surface area (Å²) in [4.78, 5) is 12.7. The van der Waals surface area contributed by atoms with Crippen LogP contribution in [0.3, 0.4) is 0 Å². The standard InChI is InChI=1S/C15H19N5O3/c1-7-8(2)22-12-10(7)11(16)17-9(18-12)6-21-14-19-13(20-23-14)15(3,4)5/h6H2,1-5H3,(H2,16,17,18). The van der Waals surface area contributed by atoms with E-state index >= 15 is 0 Å². The van der Waals surface area contributed by atoms with Crippen LogP contribution in [0, 0.1) is 13.8 Å². The molecule has 3 aromatic rings. The van der Waals surface area contributed by atoms with Crippen LogP contribution in [0.25, 0.3) is 11.1 Å². The van der Waals surface area contributed by atoms with Gasteiger partial charge in [0.1, 0.15) is 11.6 Å². The number of hydrogen-bond donors (Lipinski definition) is 1. The average Bonchev–Trinajstić information content (AvgIpc) is 3.02. The number of anilines is 1. The lowest BCUT2D eigenvalue weighted by molar-refractivity contribution is 0.190. The van der Waals surface area contributed by atoms with Crippen LogP contribution < -0.4 is 10.5 Å². The molecule has 0 saturated heterocycles. The van der Waals surface area contributed by atoms with Gasteiger partial charge in [-0.25, -0.2) is 4.98 Å². The largest absolute Gasteiger partial charge is 0.443 e. The second kappa shape index (κ2) is 5.22. The van der Waals surface area contributed by atoms with Gasteiger partial charge in [-0.15, -0.1) is 0 Å². The van der Waals surface area contributed by atoms with E-state index in [0.29, 0.717) is 23.2 Å². The maximum Gasteiger partial charge on any atom is 0.417 e. The number of hydrogen-bond acceptors (Lipinski definition) is 8. The van der Waals surface area contributed by atoms with Crippen molar-refractivity contribution in [1.82, 2.24) is 20.1 Å². The molecule has 0 aliphatic rings. The van der Waals surface area contributed by atoms with Gasteiger partial charge in [-0.3, -0.25) is 4.52 Å². The third-order valence-corrected chi connectivity index (χ3v) is 3.51. The lowest BCUT2D eigenvalue weighted by atomic mass is 9.96. The number of ether oxygens (including phenoxy) is 1. The van der Waals surface area contributed by atoms with Crippen molar-refractivity contribution in [3.8, 4) is 6.08 Å². The summed E-state index contributed by atoms with van der Waals surface area (Å²) in [5.41, 5.74) is 7.16. The van der Waals surface area contributed by atoms with Crippen molar-refractivity contribution in [1.29, 1.82) is 0 Å².